The second kappa shape index (κ2) is 5.71. The standard InChI is InChI=1S/C15H21N3/c1-4-8-18-9-7-16-15(18)11-17-14-6-5-12(2)10-13(14)3/h5-7,9-10,17H,4,8,11H2,1-3H3. The number of anilines is 1. The predicted octanol–water partition coefficient (Wildman–Crippen LogP) is 3.52. The minimum Gasteiger partial charge on any atom is -0.378 e. The summed E-state index contributed by atoms with van der Waals surface area (Å²) in [6.07, 6.45) is 5.05. The summed E-state index contributed by atoms with van der Waals surface area (Å²) >= 11 is 0. The number of nitrogens with one attached hydrogen (secondary N) is 1. The number of hydrogen-bond donors (Lipinski definition) is 1. The minimum atomic E-state index is 0.775. The Morgan fingerprint density at radius 2 is 2.11 bits per heavy atom. The second-order valence-corrected chi connectivity index (χ2v) is 4.71. The van der Waals surface area contributed by atoms with Gasteiger partial charge in [-0.3, -0.25) is 0 Å². The number of imidazole rings is 1. The van der Waals surface area contributed by atoms with Gasteiger partial charge in [0, 0.05) is 24.6 Å². The lowest BCUT2D eigenvalue weighted by atomic mass is 10.1. The number of nitrogens with zero attached hydrogens (tertiary/aromatic N) is 2. The van der Waals surface area contributed by atoms with Gasteiger partial charge >= 0.3 is 0 Å². The number of benzene rings is 1. The van der Waals surface area contributed by atoms with E-state index in [1.165, 1.54) is 16.8 Å². The van der Waals surface area contributed by atoms with Gasteiger partial charge in [0.2, 0.25) is 0 Å². The van der Waals surface area contributed by atoms with Gasteiger partial charge < -0.3 is 9.88 Å². The van der Waals surface area contributed by atoms with Crippen molar-refractivity contribution < 1.29 is 0 Å². The highest BCUT2D eigenvalue weighted by atomic mass is 15.1. The van der Waals surface area contributed by atoms with Gasteiger partial charge in [0.05, 0.1) is 6.54 Å². The summed E-state index contributed by atoms with van der Waals surface area (Å²) in [7, 11) is 0. The molecule has 0 fully saturated rings. The molecule has 1 aromatic heterocycles. The van der Waals surface area contributed by atoms with E-state index in [0.29, 0.717) is 0 Å². The van der Waals surface area contributed by atoms with Gasteiger partial charge in [-0.05, 0) is 31.9 Å². The minimum absolute atomic E-state index is 0.775. The van der Waals surface area contributed by atoms with Crippen LogP contribution in [0.4, 0.5) is 5.69 Å². The number of rotatable bonds is 5. The summed E-state index contributed by atoms with van der Waals surface area (Å²) in [6.45, 7) is 8.24. The first kappa shape index (κ1) is 12.7. The van der Waals surface area contributed by atoms with Gasteiger partial charge in [-0.15, -0.1) is 0 Å². The van der Waals surface area contributed by atoms with Crippen LogP contribution in [0.1, 0.15) is 30.3 Å². The molecule has 18 heavy (non-hydrogen) atoms. The van der Waals surface area contributed by atoms with E-state index < -0.39 is 0 Å². The number of aryl methyl sites for hydroxylation is 3. The van der Waals surface area contributed by atoms with Crippen molar-refractivity contribution in [1.82, 2.24) is 9.55 Å². The van der Waals surface area contributed by atoms with Gasteiger partial charge in [-0.1, -0.05) is 24.6 Å². The van der Waals surface area contributed by atoms with Crippen LogP contribution < -0.4 is 5.32 Å². The molecule has 0 radical (unpaired) electrons. The third-order valence-electron chi connectivity index (χ3n) is 3.09. The van der Waals surface area contributed by atoms with E-state index in [1.807, 2.05) is 12.4 Å². The molecule has 0 amide bonds. The van der Waals surface area contributed by atoms with Gasteiger partial charge in [-0.2, -0.15) is 0 Å². The van der Waals surface area contributed by atoms with Crippen molar-refractivity contribution >= 4 is 5.69 Å². The molecule has 96 valence electrons. The topological polar surface area (TPSA) is 29.9 Å². The van der Waals surface area contributed by atoms with Crippen molar-refractivity contribution in [3.8, 4) is 0 Å². The number of hydrogen-bond acceptors (Lipinski definition) is 2. The van der Waals surface area contributed by atoms with Gasteiger partial charge in [0.15, 0.2) is 0 Å². The average molecular weight is 243 g/mol. The van der Waals surface area contributed by atoms with E-state index in [1.54, 1.807) is 0 Å². The van der Waals surface area contributed by atoms with E-state index in [-0.39, 0.29) is 0 Å². The summed E-state index contributed by atoms with van der Waals surface area (Å²) < 4.78 is 2.20. The van der Waals surface area contributed by atoms with E-state index in [9.17, 15) is 0 Å². The van der Waals surface area contributed by atoms with Crippen LogP contribution in [0.3, 0.4) is 0 Å². The maximum Gasteiger partial charge on any atom is 0.128 e. The molecule has 0 aliphatic carbocycles. The summed E-state index contributed by atoms with van der Waals surface area (Å²) in [6, 6.07) is 6.46. The van der Waals surface area contributed by atoms with Crippen LogP contribution in [-0.4, -0.2) is 9.55 Å². The Hall–Kier alpha value is -1.77. The molecule has 0 aliphatic rings. The summed E-state index contributed by atoms with van der Waals surface area (Å²) in [5, 5.41) is 3.46. The van der Waals surface area contributed by atoms with Crippen LogP contribution in [0.5, 0.6) is 0 Å². The molecular weight excluding hydrogens is 222 g/mol. The second-order valence-electron chi connectivity index (χ2n) is 4.71. The zero-order valence-corrected chi connectivity index (χ0v) is 11.4. The van der Waals surface area contributed by atoms with Crippen LogP contribution in [0, 0.1) is 13.8 Å². The Balaban J connectivity index is 2.04. The lowest BCUT2D eigenvalue weighted by molar-refractivity contribution is 0.644. The monoisotopic (exact) mass is 243 g/mol. The molecule has 2 aromatic rings. The summed E-state index contributed by atoms with van der Waals surface area (Å²) in [4.78, 5) is 4.40. The van der Waals surface area contributed by atoms with Crippen LogP contribution in [0.2, 0.25) is 0 Å². The van der Waals surface area contributed by atoms with Crippen LogP contribution >= 0.6 is 0 Å². The highest BCUT2D eigenvalue weighted by Gasteiger charge is 2.03. The lowest BCUT2D eigenvalue weighted by Crippen LogP contribution is -2.09. The van der Waals surface area contributed by atoms with Crippen LogP contribution in [0.25, 0.3) is 0 Å². The SMILES string of the molecule is CCCn1ccnc1CNc1ccc(C)cc1C. The third kappa shape index (κ3) is 2.92. The molecule has 0 aliphatic heterocycles. The zero-order chi connectivity index (χ0) is 13.0. The highest BCUT2D eigenvalue weighted by Crippen LogP contribution is 2.16. The van der Waals surface area contributed by atoms with Crippen molar-refractivity contribution in [3.05, 3.63) is 47.5 Å². The number of aromatic nitrogens is 2. The first-order valence-corrected chi connectivity index (χ1v) is 6.52. The maximum atomic E-state index is 4.40. The Bertz CT molecular complexity index is 514. The fourth-order valence-corrected chi connectivity index (χ4v) is 2.14. The van der Waals surface area contributed by atoms with E-state index in [2.05, 4.69) is 53.8 Å². The molecule has 0 saturated heterocycles. The van der Waals surface area contributed by atoms with Gasteiger partial charge in [-0.25, -0.2) is 4.98 Å². The highest BCUT2D eigenvalue weighted by molar-refractivity contribution is 5.51. The molecule has 0 atom stereocenters. The Morgan fingerprint density at radius 3 is 2.83 bits per heavy atom. The molecule has 1 heterocycles. The fraction of sp³-hybridized carbons (Fsp3) is 0.400. The Labute approximate surface area is 109 Å². The summed E-state index contributed by atoms with van der Waals surface area (Å²) in [5.41, 5.74) is 3.76. The maximum absolute atomic E-state index is 4.40. The summed E-state index contributed by atoms with van der Waals surface area (Å²) in [5.74, 6) is 1.09. The predicted molar refractivity (Wildman–Crippen MR) is 75.8 cm³/mol. The van der Waals surface area contributed by atoms with Gasteiger partial charge in [0.1, 0.15) is 5.82 Å². The normalized spacial score (nSPS) is 10.6. The molecule has 1 N–H and O–H groups in total. The van der Waals surface area contributed by atoms with Crippen molar-refractivity contribution in [3.63, 3.8) is 0 Å². The molecule has 0 saturated carbocycles. The van der Waals surface area contributed by atoms with Crippen LogP contribution in [0.15, 0.2) is 30.6 Å². The third-order valence-corrected chi connectivity index (χ3v) is 3.09. The first-order valence-electron chi connectivity index (χ1n) is 6.52. The molecule has 0 unspecified atom stereocenters. The van der Waals surface area contributed by atoms with Crippen molar-refractivity contribution in [2.75, 3.05) is 5.32 Å². The molecule has 0 spiro atoms. The van der Waals surface area contributed by atoms with Crippen LogP contribution in [-0.2, 0) is 13.1 Å². The van der Waals surface area contributed by atoms with E-state index in [4.69, 9.17) is 0 Å². The largest absolute Gasteiger partial charge is 0.378 e. The molecular formula is C15H21N3. The molecule has 3 nitrogen and oxygen atoms in total. The Kier molecular flexibility index (Phi) is 4.03. The fourth-order valence-electron chi connectivity index (χ4n) is 2.14. The molecule has 3 heteroatoms. The van der Waals surface area contributed by atoms with Crippen molar-refractivity contribution in [2.24, 2.45) is 0 Å². The lowest BCUT2D eigenvalue weighted by Gasteiger charge is -2.11. The molecule has 0 bridgehead atoms. The van der Waals surface area contributed by atoms with E-state index >= 15 is 0 Å². The zero-order valence-electron chi connectivity index (χ0n) is 11.4. The molecule has 2 rings (SSSR count). The quantitative estimate of drug-likeness (QED) is 0.870. The first-order chi connectivity index (χ1) is 8.70. The Morgan fingerprint density at radius 1 is 1.28 bits per heavy atom. The molecule has 1 aromatic carbocycles. The van der Waals surface area contributed by atoms with E-state index in [0.717, 1.165) is 25.3 Å². The smallest absolute Gasteiger partial charge is 0.128 e. The van der Waals surface area contributed by atoms with Crippen molar-refractivity contribution in [1.29, 1.82) is 0 Å². The van der Waals surface area contributed by atoms with Gasteiger partial charge in [0.25, 0.3) is 0 Å². The van der Waals surface area contributed by atoms with Crippen molar-refractivity contribution in [2.45, 2.75) is 40.3 Å². The average Bonchev–Trinajstić information content (AvgIpc) is 2.76.